The number of anilines is 1. The second kappa shape index (κ2) is 12.6. The quantitative estimate of drug-likeness (QED) is 0.307. The van der Waals surface area contributed by atoms with E-state index in [4.69, 9.17) is 14.6 Å². The topological polar surface area (TPSA) is 85.7 Å². The van der Waals surface area contributed by atoms with E-state index in [9.17, 15) is 9.59 Å². The van der Waals surface area contributed by atoms with Crippen LogP contribution in [0, 0.1) is 0 Å². The first-order chi connectivity index (χ1) is 18.5. The second-order valence-corrected chi connectivity index (χ2v) is 8.78. The second-order valence-electron chi connectivity index (χ2n) is 8.78. The molecule has 0 unspecified atom stereocenters. The van der Waals surface area contributed by atoms with Gasteiger partial charge in [-0.25, -0.2) is 4.68 Å². The van der Waals surface area contributed by atoms with E-state index in [2.05, 4.69) is 5.32 Å². The first-order valence-corrected chi connectivity index (χ1v) is 12.5. The number of nitrogens with one attached hydrogen (secondary N) is 1. The lowest BCUT2D eigenvalue weighted by Crippen LogP contribution is -2.39. The molecule has 0 aliphatic heterocycles. The molecule has 1 heterocycles. The molecule has 38 heavy (non-hydrogen) atoms. The Hall–Kier alpha value is -4.59. The summed E-state index contributed by atoms with van der Waals surface area (Å²) in [5, 5.41) is 7.72. The van der Waals surface area contributed by atoms with Gasteiger partial charge in [-0.05, 0) is 48.4 Å². The maximum Gasteiger partial charge on any atom is 0.245 e. The first-order valence-electron chi connectivity index (χ1n) is 12.5. The minimum absolute atomic E-state index is 0.0582. The number of aromatic nitrogens is 2. The molecule has 0 atom stereocenters. The molecule has 0 radical (unpaired) electrons. The van der Waals surface area contributed by atoms with Gasteiger partial charge >= 0.3 is 0 Å². The molecule has 4 aromatic rings. The zero-order valence-electron chi connectivity index (χ0n) is 21.9. The zero-order valence-corrected chi connectivity index (χ0v) is 21.9. The average molecular weight is 513 g/mol. The number of hydrogen-bond acceptors (Lipinski definition) is 5. The molecule has 0 bridgehead atoms. The van der Waals surface area contributed by atoms with Crippen molar-refractivity contribution in [3.8, 4) is 28.4 Å². The summed E-state index contributed by atoms with van der Waals surface area (Å²) in [6.07, 6.45) is 0.947. The highest BCUT2D eigenvalue weighted by atomic mass is 16.5. The van der Waals surface area contributed by atoms with E-state index < -0.39 is 0 Å². The van der Waals surface area contributed by atoms with E-state index in [1.165, 1.54) is 0 Å². The van der Waals surface area contributed by atoms with Crippen molar-refractivity contribution in [3.63, 3.8) is 0 Å². The van der Waals surface area contributed by atoms with Gasteiger partial charge in [0.2, 0.25) is 11.8 Å². The molecular weight excluding hydrogens is 480 g/mol. The van der Waals surface area contributed by atoms with Crippen LogP contribution in [-0.2, 0) is 16.0 Å². The van der Waals surface area contributed by atoms with Crippen LogP contribution in [0.3, 0.4) is 0 Å². The van der Waals surface area contributed by atoms with Gasteiger partial charge in [-0.2, -0.15) is 5.10 Å². The van der Waals surface area contributed by atoms with E-state index >= 15 is 0 Å². The molecule has 0 aliphatic rings. The Morgan fingerprint density at radius 3 is 2.13 bits per heavy atom. The Balaban J connectivity index is 1.53. The summed E-state index contributed by atoms with van der Waals surface area (Å²) in [4.78, 5) is 27.8. The molecule has 0 fully saturated rings. The van der Waals surface area contributed by atoms with Crippen LogP contribution in [0.1, 0.15) is 18.9 Å². The number of hydrogen-bond donors (Lipinski definition) is 1. The van der Waals surface area contributed by atoms with Crippen molar-refractivity contribution >= 4 is 17.6 Å². The lowest BCUT2D eigenvalue weighted by atomic mass is 10.1. The molecule has 1 aromatic heterocycles. The number of rotatable bonds is 11. The molecule has 4 rings (SSSR count). The normalized spacial score (nSPS) is 10.6. The van der Waals surface area contributed by atoms with Gasteiger partial charge < -0.3 is 19.7 Å². The Morgan fingerprint density at radius 1 is 0.895 bits per heavy atom. The minimum Gasteiger partial charge on any atom is -0.497 e. The summed E-state index contributed by atoms with van der Waals surface area (Å²) in [6.45, 7) is 2.41. The molecule has 8 nitrogen and oxygen atoms in total. The van der Waals surface area contributed by atoms with Crippen LogP contribution in [0.2, 0.25) is 0 Å². The van der Waals surface area contributed by atoms with Crippen LogP contribution in [0.25, 0.3) is 16.9 Å². The molecule has 0 saturated carbocycles. The maximum atomic E-state index is 13.2. The number of carbonyl (C=O) groups excluding carboxylic acids is 2. The maximum absolute atomic E-state index is 13.2. The lowest BCUT2D eigenvalue weighted by molar-refractivity contribution is -0.134. The van der Waals surface area contributed by atoms with Crippen molar-refractivity contribution in [3.05, 3.63) is 90.5 Å². The number of amides is 2. The van der Waals surface area contributed by atoms with Crippen LogP contribution < -0.4 is 14.8 Å². The van der Waals surface area contributed by atoms with Crippen molar-refractivity contribution in [1.29, 1.82) is 0 Å². The lowest BCUT2D eigenvalue weighted by Gasteiger charge is -2.22. The number of benzene rings is 3. The molecule has 196 valence electrons. The van der Waals surface area contributed by atoms with Crippen LogP contribution in [-0.4, -0.2) is 53.8 Å². The van der Waals surface area contributed by atoms with E-state index in [0.29, 0.717) is 12.4 Å². The highest BCUT2D eigenvalue weighted by Crippen LogP contribution is 2.26. The first kappa shape index (κ1) is 26.5. The van der Waals surface area contributed by atoms with Crippen molar-refractivity contribution in [1.82, 2.24) is 14.7 Å². The fourth-order valence-electron chi connectivity index (χ4n) is 4.09. The number of carbonyl (C=O) groups is 2. The summed E-state index contributed by atoms with van der Waals surface area (Å²) in [6, 6.07) is 26.4. The predicted molar refractivity (Wildman–Crippen MR) is 148 cm³/mol. The Bertz CT molecular complexity index is 1350. The van der Waals surface area contributed by atoms with E-state index in [1.807, 2.05) is 91.9 Å². The van der Waals surface area contributed by atoms with Gasteiger partial charge in [0.15, 0.2) is 0 Å². The Labute approximate surface area is 222 Å². The predicted octanol–water partition coefficient (Wildman–Crippen LogP) is 4.98. The van der Waals surface area contributed by atoms with Crippen molar-refractivity contribution < 1.29 is 19.1 Å². The zero-order chi connectivity index (χ0) is 26.9. The molecular formula is C30H32N4O4. The summed E-state index contributed by atoms with van der Waals surface area (Å²) in [7, 11) is 3.21. The number of ether oxygens (including phenoxy) is 2. The van der Waals surface area contributed by atoms with Gasteiger partial charge in [0.05, 0.1) is 38.6 Å². The Morgan fingerprint density at radius 2 is 1.53 bits per heavy atom. The van der Waals surface area contributed by atoms with Crippen molar-refractivity contribution in [2.45, 2.75) is 19.8 Å². The third-order valence-electron chi connectivity index (χ3n) is 6.06. The SMILES string of the molecule is CCCN(CC(=O)Nc1cc(-c2ccccc2)nn1-c1ccc(OC)cc1)C(=O)Cc1ccc(OC)cc1. The number of nitrogens with zero attached hydrogens (tertiary/aromatic N) is 3. The van der Waals surface area contributed by atoms with E-state index in [1.54, 1.807) is 23.8 Å². The fourth-order valence-corrected chi connectivity index (χ4v) is 4.09. The summed E-state index contributed by atoms with van der Waals surface area (Å²) in [5.74, 6) is 1.56. The van der Waals surface area contributed by atoms with Crippen molar-refractivity contribution in [2.24, 2.45) is 0 Å². The van der Waals surface area contributed by atoms with Gasteiger partial charge in [0.25, 0.3) is 0 Å². The van der Waals surface area contributed by atoms with Crippen LogP contribution in [0.5, 0.6) is 11.5 Å². The minimum atomic E-state index is -0.296. The van der Waals surface area contributed by atoms with Gasteiger partial charge in [0, 0.05) is 18.2 Å². The standard InChI is InChI=1S/C30H32N4O4/c1-4-18-33(30(36)19-22-10-14-25(37-2)15-11-22)21-29(35)31-28-20-27(23-8-6-5-7-9-23)32-34(28)24-12-16-26(38-3)17-13-24/h5-17,20H,4,18-19,21H2,1-3H3,(H,31,35). The molecule has 0 aliphatic carbocycles. The monoisotopic (exact) mass is 512 g/mol. The summed E-state index contributed by atoms with van der Waals surface area (Å²) < 4.78 is 12.1. The van der Waals surface area contributed by atoms with Gasteiger partial charge in [0.1, 0.15) is 17.3 Å². The van der Waals surface area contributed by atoms with Crippen LogP contribution >= 0.6 is 0 Å². The molecule has 3 aromatic carbocycles. The largest absolute Gasteiger partial charge is 0.497 e. The van der Waals surface area contributed by atoms with Gasteiger partial charge in [-0.15, -0.1) is 0 Å². The summed E-state index contributed by atoms with van der Waals surface area (Å²) >= 11 is 0. The van der Waals surface area contributed by atoms with Crippen LogP contribution in [0.15, 0.2) is 84.9 Å². The van der Waals surface area contributed by atoms with Gasteiger partial charge in [-0.1, -0.05) is 49.4 Å². The van der Waals surface area contributed by atoms with Gasteiger partial charge in [-0.3, -0.25) is 9.59 Å². The summed E-state index contributed by atoms with van der Waals surface area (Å²) in [5.41, 5.74) is 3.28. The highest BCUT2D eigenvalue weighted by molar-refractivity contribution is 5.95. The fraction of sp³-hybridized carbons (Fsp3) is 0.233. The molecule has 8 heteroatoms. The molecule has 0 spiro atoms. The smallest absolute Gasteiger partial charge is 0.245 e. The van der Waals surface area contributed by atoms with E-state index in [0.717, 1.165) is 40.4 Å². The molecule has 0 saturated heterocycles. The van der Waals surface area contributed by atoms with Crippen molar-refractivity contribution in [2.75, 3.05) is 32.6 Å². The Kier molecular flexibility index (Phi) is 8.77. The van der Waals surface area contributed by atoms with E-state index in [-0.39, 0.29) is 24.8 Å². The van der Waals surface area contributed by atoms with Crippen LogP contribution in [0.4, 0.5) is 5.82 Å². The molecule has 2 amide bonds. The third kappa shape index (κ3) is 6.59. The highest BCUT2D eigenvalue weighted by Gasteiger charge is 2.19. The average Bonchev–Trinajstić information content (AvgIpc) is 3.37. The molecule has 1 N–H and O–H groups in total. The number of methoxy groups -OCH3 is 2. The third-order valence-corrected chi connectivity index (χ3v) is 6.06.